The van der Waals surface area contributed by atoms with Gasteiger partial charge in [0.1, 0.15) is 30.8 Å². The lowest BCUT2D eigenvalue weighted by atomic mass is 9.89. The summed E-state index contributed by atoms with van der Waals surface area (Å²) in [6.45, 7) is 13.5. The van der Waals surface area contributed by atoms with E-state index in [-0.39, 0.29) is 74.8 Å². The van der Waals surface area contributed by atoms with Crippen LogP contribution in [-0.4, -0.2) is 163 Å². The number of alkyl carbamates (subject to hydrolysis) is 1. The SMILES string of the molecule is CC[C@H](C)[C@@H]([C@@H](CC(=O)N1CCC[C@H]1[C@H](OC)[C@@H](C)C(=O)N[C@@H](Cc1ccccc1)C(=O)O)OC)N(C)C(=O)[C@@H](NC(=O)[C@H](C(C)C)N(C)C(=O)CCCCCNC(=O)C(CCC(N)=O)NC(=O)OCc1ccccc1)C(C)C. The maximum Gasteiger partial charge on any atom is 0.408 e. The third-order valence-corrected chi connectivity index (χ3v) is 15.0. The fraction of sp³-hybridized carbons (Fsp3) is 0.638. The molecule has 2 aromatic rings. The van der Waals surface area contributed by atoms with Crippen LogP contribution < -0.4 is 27.0 Å². The third kappa shape index (κ3) is 20.9. The summed E-state index contributed by atoms with van der Waals surface area (Å²) >= 11 is 0. The minimum Gasteiger partial charge on any atom is -0.480 e. The van der Waals surface area contributed by atoms with Gasteiger partial charge in [-0.25, -0.2) is 9.59 Å². The molecule has 1 saturated heterocycles. The Morgan fingerprint density at radius 3 is 1.94 bits per heavy atom. The predicted molar refractivity (Wildman–Crippen MR) is 297 cm³/mol. The first kappa shape index (κ1) is 66.7. The van der Waals surface area contributed by atoms with Crippen LogP contribution in [0, 0.1) is 23.7 Å². The van der Waals surface area contributed by atoms with Gasteiger partial charge in [0.15, 0.2) is 0 Å². The van der Waals surface area contributed by atoms with E-state index < -0.39 is 96.0 Å². The maximum absolute atomic E-state index is 14.7. The lowest BCUT2D eigenvalue weighted by Gasteiger charge is -2.41. The number of carboxylic acids is 1. The molecule has 3 rings (SSSR count). The van der Waals surface area contributed by atoms with Crippen LogP contribution >= 0.6 is 0 Å². The largest absolute Gasteiger partial charge is 0.480 e. The molecule has 79 heavy (non-hydrogen) atoms. The number of carboxylic acid groups (broad SMARTS) is 1. The highest BCUT2D eigenvalue weighted by molar-refractivity contribution is 5.93. The molecular formula is C58H90N8O13. The topological polar surface area (TPSA) is 285 Å². The number of aliphatic carboxylic acids is 1. The quantitative estimate of drug-likeness (QED) is 0.0524. The number of hydrogen-bond donors (Lipinski definition) is 6. The second-order valence-corrected chi connectivity index (χ2v) is 21.5. The molecule has 0 bridgehead atoms. The molecule has 1 fully saturated rings. The summed E-state index contributed by atoms with van der Waals surface area (Å²) in [5, 5.41) is 20.9. The Balaban J connectivity index is 1.63. The number of amides is 8. The standard InChI is InChI=1S/C58H90N8O13/c1-12-38(6)51(45(77-10)34-48(69)66-32-22-27-44(66)52(78-11)39(7)53(70)61-43(57(74)75)33-40-23-16-13-17-24-40)65(9)56(73)49(36(2)3)63-55(72)50(37(4)5)64(8)47(68)28-20-15-21-31-60-54(71)42(29-30-46(59)67)62-58(76)79-35-41-25-18-14-19-26-41/h13-14,16-19,23-26,36-39,42-45,49-52H,12,15,20-22,27-35H2,1-11H3,(H2,59,67)(H,60,71)(H,61,70)(H,62,76)(H,63,72)(H,74,75)/t38-,39+,42?,43-,44-,45+,49-,50-,51-,52+/m0/s1. The van der Waals surface area contributed by atoms with Gasteiger partial charge in [0, 0.05) is 60.7 Å². The van der Waals surface area contributed by atoms with E-state index >= 15 is 0 Å². The predicted octanol–water partition coefficient (Wildman–Crippen LogP) is 4.58. The number of primary amides is 1. The Hall–Kier alpha value is -6.61. The number of likely N-dealkylation sites (tertiary alicyclic amines) is 1. The number of nitrogens with two attached hydrogens (primary N) is 1. The molecule has 0 saturated carbocycles. The summed E-state index contributed by atoms with van der Waals surface area (Å²) in [7, 11) is 6.16. The van der Waals surface area contributed by atoms with Gasteiger partial charge in [-0.2, -0.15) is 0 Å². The monoisotopic (exact) mass is 1110 g/mol. The van der Waals surface area contributed by atoms with E-state index in [9.17, 15) is 48.3 Å². The molecular weight excluding hydrogens is 1020 g/mol. The average molecular weight is 1110 g/mol. The number of nitrogens with one attached hydrogen (secondary N) is 4. The highest BCUT2D eigenvalue weighted by atomic mass is 16.5. The Morgan fingerprint density at radius 1 is 0.747 bits per heavy atom. The zero-order valence-corrected chi connectivity index (χ0v) is 48.4. The zero-order valence-electron chi connectivity index (χ0n) is 48.4. The van der Waals surface area contributed by atoms with E-state index in [0.717, 1.165) is 11.1 Å². The fourth-order valence-electron chi connectivity index (χ4n) is 10.3. The number of carbonyl (C=O) groups excluding carboxylic acids is 8. The van der Waals surface area contributed by atoms with Crippen molar-refractivity contribution in [1.29, 1.82) is 0 Å². The molecule has 0 radical (unpaired) electrons. The molecule has 2 aromatic carbocycles. The summed E-state index contributed by atoms with van der Waals surface area (Å²) in [6, 6.07) is 12.8. The second kappa shape index (κ2) is 33.7. The lowest BCUT2D eigenvalue weighted by molar-refractivity contribution is -0.149. The van der Waals surface area contributed by atoms with Crippen LogP contribution in [0.1, 0.15) is 124 Å². The molecule has 440 valence electrons. The van der Waals surface area contributed by atoms with Crippen molar-refractivity contribution in [3.05, 3.63) is 71.8 Å². The van der Waals surface area contributed by atoms with E-state index in [1.807, 2.05) is 53.7 Å². The number of unbranched alkanes of at least 4 members (excludes halogenated alkanes) is 2. The molecule has 21 heteroatoms. The van der Waals surface area contributed by atoms with Crippen molar-refractivity contribution in [3.63, 3.8) is 0 Å². The Labute approximate surface area is 467 Å². The maximum atomic E-state index is 14.7. The van der Waals surface area contributed by atoms with Crippen LogP contribution in [0.3, 0.4) is 0 Å². The van der Waals surface area contributed by atoms with Gasteiger partial charge in [-0.15, -0.1) is 0 Å². The number of methoxy groups -OCH3 is 2. The summed E-state index contributed by atoms with van der Waals surface area (Å²) in [5.41, 5.74) is 6.82. The van der Waals surface area contributed by atoms with Crippen LogP contribution in [0.15, 0.2) is 60.7 Å². The molecule has 0 aromatic heterocycles. The van der Waals surface area contributed by atoms with Crippen LogP contribution in [0.25, 0.3) is 0 Å². The molecule has 8 amide bonds. The third-order valence-electron chi connectivity index (χ3n) is 15.0. The molecule has 10 atom stereocenters. The van der Waals surface area contributed by atoms with E-state index in [4.69, 9.17) is 19.9 Å². The summed E-state index contributed by atoms with van der Waals surface area (Å²) in [4.78, 5) is 125. The normalized spacial score (nSPS) is 16.7. The number of nitrogens with zero attached hydrogens (tertiary/aromatic N) is 3. The average Bonchev–Trinajstić information content (AvgIpc) is 3.93. The number of benzene rings is 2. The van der Waals surface area contributed by atoms with Crippen LogP contribution in [-0.2, 0) is 65.6 Å². The molecule has 1 aliphatic rings. The molecule has 7 N–H and O–H groups in total. The minimum absolute atomic E-state index is 0.00633. The Morgan fingerprint density at radius 2 is 1.38 bits per heavy atom. The number of likely N-dealkylation sites (N-methyl/N-ethyl adjacent to an activating group) is 2. The van der Waals surface area contributed by atoms with Gasteiger partial charge in [0.05, 0.1) is 36.6 Å². The van der Waals surface area contributed by atoms with Crippen molar-refractivity contribution in [2.75, 3.05) is 41.4 Å². The van der Waals surface area contributed by atoms with Crippen LogP contribution in [0.2, 0.25) is 0 Å². The second-order valence-electron chi connectivity index (χ2n) is 21.5. The Kier molecular flexibility index (Phi) is 28.5. The zero-order chi connectivity index (χ0) is 58.9. The first-order valence-electron chi connectivity index (χ1n) is 27.8. The lowest BCUT2D eigenvalue weighted by Crippen LogP contribution is -2.60. The van der Waals surface area contributed by atoms with Gasteiger partial charge in [0.2, 0.25) is 41.4 Å². The fourth-order valence-corrected chi connectivity index (χ4v) is 10.3. The van der Waals surface area contributed by atoms with Gasteiger partial charge < -0.3 is 61.0 Å². The van der Waals surface area contributed by atoms with Crippen molar-refractivity contribution in [2.24, 2.45) is 29.4 Å². The molecule has 1 aliphatic heterocycles. The van der Waals surface area contributed by atoms with Crippen LogP contribution in [0.4, 0.5) is 4.79 Å². The van der Waals surface area contributed by atoms with Gasteiger partial charge in [0.25, 0.3) is 0 Å². The van der Waals surface area contributed by atoms with E-state index in [1.54, 1.807) is 79.3 Å². The first-order valence-corrected chi connectivity index (χ1v) is 27.8. The van der Waals surface area contributed by atoms with Gasteiger partial charge >= 0.3 is 12.1 Å². The highest BCUT2D eigenvalue weighted by Gasteiger charge is 2.44. The van der Waals surface area contributed by atoms with E-state index in [2.05, 4.69) is 21.3 Å². The van der Waals surface area contributed by atoms with Crippen molar-refractivity contribution in [1.82, 2.24) is 36.0 Å². The van der Waals surface area contributed by atoms with Gasteiger partial charge in [-0.05, 0) is 61.0 Å². The molecule has 1 unspecified atom stereocenters. The summed E-state index contributed by atoms with van der Waals surface area (Å²) in [6.07, 6.45) is 0.924. The van der Waals surface area contributed by atoms with Crippen molar-refractivity contribution in [3.8, 4) is 0 Å². The molecule has 0 aliphatic carbocycles. The number of ether oxygens (including phenoxy) is 3. The molecule has 0 spiro atoms. The Bertz CT molecular complexity index is 2290. The number of hydrogen-bond acceptors (Lipinski definition) is 12. The van der Waals surface area contributed by atoms with Crippen molar-refractivity contribution < 1.29 is 62.5 Å². The number of carbonyl (C=O) groups is 9. The van der Waals surface area contributed by atoms with E-state index in [1.165, 1.54) is 19.1 Å². The van der Waals surface area contributed by atoms with Crippen LogP contribution in [0.5, 0.6) is 0 Å². The molecule has 1 heterocycles. The highest BCUT2D eigenvalue weighted by Crippen LogP contribution is 2.30. The summed E-state index contributed by atoms with van der Waals surface area (Å²) < 4.78 is 17.2. The minimum atomic E-state index is -1.17. The van der Waals surface area contributed by atoms with Gasteiger partial charge in [-0.3, -0.25) is 33.6 Å². The first-order chi connectivity index (χ1) is 37.5. The number of rotatable bonds is 34. The molecule has 21 nitrogen and oxygen atoms in total. The summed E-state index contributed by atoms with van der Waals surface area (Å²) in [5.74, 6) is -5.94. The van der Waals surface area contributed by atoms with Gasteiger partial charge in [-0.1, -0.05) is 122 Å². The smallest absolute Gasteiger partial charge is 0.408 e. The van der Waals surface area contributed by atoms with E-state index in [0.29, 0.717) is 45.1 Å². The van der Waals surface area contributed by atoms with Crippen molar-refractivity contribution in [2.45, 2.75) is 174 Å². The van der Waals surface area contributed by atoms with Crippen molar-refractivity contribution >= 4 is 53.4 Å².